The predicted molar refractivity (Wildman–Crippen MR) is 70.1 cm³/mol. The molecule has 0 aromatic heterocycles. The van der Waals surface area contributed by atoms with Crippen molar-refractivity contribution in [2.75, 3.05) is 13.2 Å². The standard InChI is InChI=1S/C13H15N3O3/c1-2-7-19-11-5-3-10(4-6-11)8-14-16-9-12(17)15-13(16)18/h3-6,8H,2,7,9H2,1H3,(H,15,17,18)/b14-8-. The largest absolute Gasteiger partial charge is 0.494 e. The van der Waals surface area contributed by atoms with Gasteiger partial charge in [0.05, 0.1) is 12.8 Å². The third-order valence-electron chi connectivity index (χ3n) is 2.47. The maximum Gasteiger partial charge on any atom is 0.344 e. The molecular weight excluding hydrogens is 246 g/mol. The van der Waals surface area contributed by atoms with Gasteiger partial charge in [0.15, 0.2) is 0 Å². The molecule has 1 N–H and O–H groups in total. The Kier molecular flexibility index (Phi) is 4.12. The molecule has 1 fully saturated rings. The van der Waals surface area contributed by atoms with Gasteiger partial charge in [-0.2, -0.15) is 5.10 Å². The van der Waals surface area contributed by atoms with E-state index in [9.17, 15) is 9.59 Å². The van der Waals surface area contributed by atoms with Crippen LogP contribution in [0.25, 0.3) is 0 Å². The summed E-state index contributed by atoms with van der Waals surface area (Å²) >= 11 is 0. The lowest BCUT2D eigenvalue weighted by atomic mass is 10.2. The molecule has 100 valence electrons. The molecule has 0 atom stereocenters. The zero-order valence-electron chi connectivity index (χ0n) is 10.6. The molecule has 1 heterocycles. The SMILES string of the molecule is CCCOc1ccc(/C=N\N2CC(=O)NC2=O)cc1. The summed E-state index contributed by atoms with van der Waals surface area (Å²) in [6.45, 7) is 2.69. The highest BCUT2D eigenvalue weighted by molar-refractivity contribution is 6.02. The third-order valence-corrected chi connectivity index (χ3v) is 2.47. The molecule has 3 amide bonds. The van der Waals surface area contributed by atoms with Gasteiger partial charge in [-0.05, 0) is 36.2 Å². The lowest BCUT2D eigenvalue weighted by molar-refractivity contribution is -0.118. The van der Waals surface area contributed by atoms with Crippen LogP contribution in [0.1, 0.15) is 18.9 Å². The molecule has 0 spiro atoms. The highest BCUT2D eigenvalue weighted by Crippen LogP contribution is 2.11. The van der Waals surface area contributed by atoms with E-state index in [-0.39, 0.29) is 12.5 Å². The number of hydrogen-bond acceptors (Lipinski definition) is 4. The van der Waals surface area contributed by atoms with Crippen LogP contribution < -0.4 is 10.1 Å². The van der Waals surface area contributed by atoms with Gasteiger partial charge in [0.25, 0.3) is 0 Å². The van der Waals surface area contributed by atoms with Crippen molar-refractivity contribution in [3.8, 4) is 5.75 Å². The summed E-state index contributed by atoms with van der Waals surface area (Å²) < 4.78 is 5.46. The van der Waals surface area contributed by atoms with E-state index in [0.717, 1.165) is 22.7 Å². The Labute approximate surface area is 111 Å². The van der Waals surface area contributed by atoms with E-state index >= 15 is 0 Å². The monoisotopic (exact) mass is 261 g/mol. The van der Waals surface area contributed by atoms with Crippen molar-refractivity contribution in [2.45, 2.75) is 13.3 Å². The first-order valence-corrected chi connectivity index (χ1v) is 6.07. The molecule has 6 nitrogen and oxygen atoms in total. The maximum absolute atomic E-state index is 11.2. The highest BCUT2D eigenvalue weighted by Gasteiger charge is 2.25. The molecule has 0 aliphatic carbocycles. The Bertz CT molecular complexity index is 496. The number of rotatable bonds is 5. The van der Waals surface area contributed by atoms with E-state index in [1.807, 2.05) is 31.2 Å². The highest BCUT2D eigenvalue weighted by atomic mass is 16.5. The minimum atomic E-state index is -0.496. The van der Waals surface area contributed by atoms with Crippen LogP contribution in [-0.2, 0) is 4.79 Å². The Morgan fingerprint density at radius 3 is 2.68 bits per heavy atom. The second kappa shape index (κ2) is 5.99. The molecule has 6 heteroatoms. The number of hydrazone groups is 1. The third kappa shape index (κ3) is 3.54. The molecular formula is C13H15N3O3. The fourth-order valence-electron chi connectivity index (χ4n) is 1.53. The number of ether oxygens (including phenoxy) is 1. The zero-order chi connectivity index (χ0) is 13.7. The molecule has 1 aliphatic heterocycles. The first kappa shape index (κ1) is 13.1. The van der Waals surface area contributed by atoms with Gasteiger partial charge >= 0.3 is 6.03 Å². The first-order chi connectivity index (χ1) is 9.19. The molecule has 2 rings (SSSR count). The molecule has 1 aromatic rings. The summed E-state index contributed by atoms with van der Waals surface area (Å²) in [5, 5.41) is 7.19. The Balaban J connectivity index is 1.95. The number of carbonyl (C=O) groups excluding carboxylic acids is 2. The number of hydrogen-bond donors (Lipinski definition) is 1. The normalized spacial score (nSPS) is 15.1. The van der Waals surface area contributed by atoms with Crippen molar-refractivity contribution in [1.29, 1.82) is 0 Å². The fourth-order valence-corrected chi connectivity index (χ4v) is 1.53. The molecule has 0 saturated carbocycles. The van der Waals surface area contributed by atoms with Gasteiger partial charge in [-0.15, -0.1) is 0 Å². The smallest absolute Gasteiger partial charge is 0.344 e. The Hall–Kier alpha value is -2.37. The van der Waals surface area contributed by atoms with Crippen molar-refractivity contribution < 1.29 is 14.3 Å². The average molecular weight is 261 g/mol. The number of amides is 3. The summed E-state index contributed by atoms with van der Waals surface area (Å²) in [6.07, 6.45) is 2.49. The van der Waals surface area contributed by atoms with Crippen LogP contribution in [0.15, 0.2) is 29.4 Å². The van der Waals surface area contributed by atoms with Gasteiger partial charge in [0.2, 0.25) is 5.91 Å². The average Bonchev–Trinajstić information content (AvgIpc) is 2.73. The van der Waals surface area contributed by atoms with Crippen LogP contribution in [-0.4, -0.2) is 36.3 Å². The summed E-state index contributed by atoms with van der Waals surface area (Å²) in [5.41, 5.74) is 0.830. The summed E-state index contributed by atoms with van der Waals surface area (Å²) in [7, 11) is 0. The molecule has 0 unspecified atom stereocenters. The minimum Gasteiger partial charge on any atom is -0.494 e. The van der Waals surface area contributed by atoms with Gasteiger partial charge in [-0.1, -0.05) is 6.92 Å². The number of imide groups is 1. The number of nitrogens with one attached hydrogen (secondary N) is 1. The first-order valence-electron chi connectivity index (χ1n) is 6.07. The molecule has 0 radical (unpaired) electrons. The van der Waals surface area contributed by atoms with Gasteiger partial charge < -0.3 is 4.74 Å². The van der Waals surface area contributed by atoms with Gasteiger partial charge in [0, 0.05) is 0 Å². The Morgan fingerprint density at radius 2 is 2.11 bits per heavy atom. The zero-order valence-corrected chi connectivity index (χ0v) is 10.6. The second-order valence-electron chi connectivity index (χ2n) is 4.07. The molecule has 1 aliphatic rings. The van der Waals surface area contributed by atoms with Crippen LogP contribution in [0, 0.1) is 0 Å². The minimum absolute atomic E-state index is 0.0347. The predicted octanol–water partition coefficient (Wildman–Crippen LogP) is 1.36. The van der Waals surface area contributed by atoms with Crippen molar-refractivity contribution >= 4 is 18.2 Å². The maximum atomic E-state index is 11.2. The van der Waals surface area contributed by atoms with E-state index in [1.165, 1.54) is 6.21 Å². The van der Waals surface area contributed by atoms with E-state index in [0.29, 0.717) is 6.61 Å². The summed E-state index contributed by atoms with van der Waals surface area (Å²) in [4.78, 5) is 22.2. The lowest BCUT2D eigenvalue weighted by Gasteiger charge is -2.05. The Morgan fingerprint density at radius 1 is 1.37 bits per heavy atom. The van der Waals surface area contributed by atoms with Crippen molar-refractivity contribution in [3.05, 3.63) is 29.8 Å². The van der Waals surface area contributed by atoms with Gasteiger partial charge in [-0.3, -0.25) is 10.1 Å². The van der Waals surface area contributed by atoms with Crippen LogP contribution in [0.4, 0.5) is 4.79 Å². The summed E-state index contributed by atoms with van der Waals surface area (Å²) in [6, 6.07) is 6.86. The van der Waals surface area contributed by atoms with Gasteiger partial charge in [-0.25, -0.2) is 9.80 Å². The van der Waals surface area contributed by atoms with Crippen LogP contribution >= 0.6 is 0 Å². The van der Waals surface area contributed by atoms with Crippen LogP contribution in [0.2, 0.25) is 0 Å². The number of nitrogens with zero attached hydrogens (tertiary/aromatic N) is 2. The molecule has 19 heavy (non-hydrogen) atoms. The van der Waals surface area contributed by atoms with Crippen LogP contribution in [0.3, 0.4) is 0 Å². The number of benzene rings is 1. The van der Waals surface area contributed by atoms with Gasteiger partial charge in [0.1, 0.15) is 12.3 Å². The number of carbonyl (C=O) groups is 2. The topological polar surface area (TPSA) is 71.0 Å². The quantitative estimate of drug-likeness (QED) is 0.642. The van der Waals surface area contributed by atoms with E-state index in [2.05, 4.69) is 10.4 Å². The van der Waals surface area contributed by atoms with E-state index < -0.39 is 6.03 Å². The number of urea groups is 1. The second-order valence-corrected chi connectivity index (χ2v) is 4.07. The van der Waals surface area contributed by atoms with Crippen molar-refractivity contribution in [3.63, 3.8) is 0 Å². The molecule has 1 saturated heterocycles. The van der Waals surface area contributed by atoms with Crippen LogP contribution in [0.5, 0.6) is 5.75 Å². The fraction of sp³-hybridized carbons (Fsp3) is 0.308. The van der Waals surface area contributed by atoms with E-state index in [4.69, 9.17) is 4.74 Å². The van der Waals surface area contributed by atoms with E-state index in [1.54, 1.807) is 0 Å². The molecule has 1 aromatic carbocycles. The molecule has 0 bridgehead atoms. The lowest BCUT2D eigenvalue weighted by Crippen LogP contribution is -2.24. The van der Waals surface area contributed by atoms with Crippen molar-refractivity contribution in [1.82, 2.24) is 10.3 Å². The van der Waals surface area contributed by atoms with Crippen molar-refractivity contribution in [2.24, 2.45) is 5.10 Å². The summed E-state index contributed by atoms with van der Waals surface area (Å²) in [5.74, 6) is 0.457.